The zero-order chi connectivity index (χ0) is 17.6. The highest BCUT2D eigenvalue weighted by atomic mass is 16.6. The molecule has 3 rings (SSSR count). The topological polar surface area (TPSA) is 85.6 Å². The van der Waals surface area contributed by atoms with Crippen molar-refractivity contribution in [1.82, 2.24) is 0 Å². The first-order valence-corrected chi connectivity index (χ1v) is 8.69. The summed E-state index contributed by atoms with van der Waals surface area (Å²) in [5.74, 6) is 0.388. The molecule has 1 aliphatic heterocycles. The number of ketones is 1. The number of hydrogen-bond acceptors (Lipinski definition) is 6. The van der Waals surface area contributed by atoms with E-state index in [1.165, 1.54) is 0 Å². The highest BCUT2D eigenvalue weighted by Crippen LogP contribution is 2.31. The molecule has 0 aromatic heterocycles. The van der Waals surface area contributed by atoms with Crippen molar-refractivity contribution >= 4 is 11.8 Å². The van der Waals surface area contributed by atoms with E-state index < -0.39 is 5.97 Å². The Morgan fingerprint density at radius 2 is 1.88 bits per heavy atom. The fourth-order valence-electron chi connectivity index (χ4n) is 3.19. The zero-order valence-corrected chi connectivity index (χ0v) is 14.0. The van der Waals surface area contributed by atoms with Crippen LogP contribution in [-0.2, 0) is 9.53 Å². The maximum Gasteiger partial charge on any atom is 0.306 e. The summed E-state index contributed by atoms with van der Waals surface area (Å²) in [7, 11) is 0. The summed E-state index contributed by atoms with van der Waals surface area (Å²) >= 11 is 0. The Bertz CT molecular complexity index is 694. The molecule has 2 atom stereocenters. The number of nitriles is 1. The Morgan fingerprint density at radius 3 is 2.68 bits per heavy atom. The van der Waals surface area contributed by atoms with E-state index in [2.05, 4.69) is 6.07 Å². The van der Waals surface area contributed by atoms with Crippen LogP contribution in [0.4, 0.5) is 0 Å². The molecule has 0 bridgehead atoms. The Hall–Kier alpha value is -2.55. The second-order valence-electron chi connectivity index (χ2n) is 6.33. The van der Waals surface area contributed by atoms with E-state index in [1.54, 1.807) is 18.2 Å². The summed E-state index contributed by atoms with van der Waals surface area (Å²) in [6.45, 7) is 0.954. The van der Waals surface area contributed by atoms with Crippen LogP contribution in [0, 0.1) is 17.2 Å². The number of hydrogen-bond donors (Lipinski definition) is 0. The number of carbonyl (C=O) groups excluding carboxylic acids is 2. The Morgan fingerprint density at radius 1 is 1.12 bits per heavy atom. The minimum absolute atomic E-state index is 0.0158. The van der Waals surface area contributed by atoms with Gasteiger partial charge in [-0.25, -0.2) is 0 Å². The third-order valence-electron chi connectivity index (χ3n) is 4.57. The van der Waals surface area contributed by atoms with Crippen molar-refractivity contribution in [2.24, 2.45) is 5.92 Å². The average Bonchev–Trinajstić information content (AvgIpc) is 2.66. The van der Waals surface area contributed by atoms with Gasteiger partial charge in [0.05, 0.1) is 18.4 Å². The lowest BCUT2D eigenvalue weighted by Crippen LogP contribution is -2.29. The molecule has 1 aromatic rings. The van der Waals surface area contributed by atoms with Crippen LogP contribution in [0.25, 0.3) is 0 Å². The van der Waals surface area contributed by atoms with E-state index in [0.717, 1.165) is 25.7 Å². The van der Waals surface area contributed by atoms with Crippen LogP contribution in [0.5, 0.6) is 11.5 Å². The van der Waals surface area contributed by atoms with Crippen molar-refractivity contribution in [3.05, 3.63) is 23.8 Å². The number of carbonyl (C=O) groups is 2. The van der Waals surface area contributed by atoms with E-state index in [9.17, 15) is 9.59 Å². The standard InChI is InChI=1S/C19H21NO5/c20-12-14-3-1-2-4-16(14)25-19(22)8-6-15(21)13-5-7-17-18(11-13)24-10-9-23-17/h5,7,11,14,16H,1-4,6,8-10H2. The van der Waals surface area contributed by atoms with Gasteiger partial charge < -0.3 is 14.2 Å². The van der Waals surface area contributed by atoms with Crippen molar-refractivity contribution < 1.29 is 23.8 Å². The molecule has 6 heteroatoms. The van der Waals surface area contributed by atoms with Crippen molar-refractivity contribution in [2.45, 2.75) is 44.6 Å². The largest absolute Gasteiger partial charge is 0.486 e. The molecular formula is C19H21NO5. The molecule has 0 saturated heterocycles. The second-order valence-corrected chi connectivity index (χ2v) is 6.33. The molecule has 132 valence electrons. The first-order valence-electron chi connectivity index (χ1n) is 8.69. The molecule has 0 spiro atoms. The van der Waals surface area contributed by atoms with Crippen molar-refractivity contribution in [3.8, 4) is 17.6 Å². The van der Waals surface area contributed by atoms with E-state index in [-0.39, 0.29) is 30.6 Å². The maximum atomic E-state index is 12.3. The van der Waals surface area contributed by atoms with Gasteiger partial charge in [0.15, 0.2) is 17.3 Å². The van der Waals surface area contributed by atoms with Gasteiger partial charge in [0.25, 0.3) is 0 Å². The smallest absolute Gasteiger partial charge is 0.306 e. The Kier molecular flexibility index (Phi) is 5.54. The lowest BCUT2D eigenvalue weighted by atomic mass is 9.87. The molecule has 6 nitrogen and oxygen atoms in total. The van der Waals surface area contributed by atoms with Crippen LogP contribution < -0.4 is 9.47 Å². The van der Waals surface area contributed by atoms with Gasteiger partial charge in [0.1, 0.15) is 19.3 Å². The maximum absolute atomic E-state index is 12.3. The predicted molar refractivity (Wildman–Crippen MR) is 88.4 cm³/mol. The molecule has 25 heavy (non-hydrogen) atoms. The van der Waals surface area contributed by atoms with E-state index >= 15 is 0 Å². The average molecular weight is 343 g/mol. The molecule has 1 fully saturated rings. The van der Waals surface area contributed by atoms with Crippen molar-refractivity contribution in [3.63, 3.8) is 0 Å². The lowest BCUT2D eigenvalue weighted by Gasteiger charge is -2.26. The zero-order valence-electron chi connectivity index (χ0n) is 14.0. The van der Waals surface area contributed by atoms with E-state index in [0.29, 0.717) is 30.3 Å². The van der Waals surface area contributed by atoms with Crippen LogP contribution in [0.15, 0.2) is 18.2 Å². The van der Waals surface area contributed by atoms with Crippen LogP contribution in [0.1, 0.15) is 48.9 Å². The number of rotatable bonds is 5. The molecule has 0 radical (unpaired) electrons. The Balaban J connectivity index is 1.51. The number of ether oxygens (including phenoxy) is 3. The summed E-state index contributed by atoms with van der Waals surface area (Å²) in [6, 6.07) is 7.24. The number of fused-ring (bicyclic) bond motifs is 1. The SMILES string of the molecule is N#CC1CCCCC1OC(=O)CCC(=O)c1ccc2c(c1)OCCO2. The van der Waals surface area contributed by atoms with E-state index in [4.69, 9.17) is 19.5 Å². The molecule has 1 heterocycles. The van der Waals surface area contributed by atoms with Crippen molar-refractivity contribution in [1.29, 1.82) is 5.26 Å². The summed E-state index contributed by atoms with van der Waals surface area (Å²) < 4.78 is 16.3. The third kappa shape index (κ3) is 4.30. The van der Waals surface area contributed by atoms with Gasteiger partial charge in [-0.2, -0.15) is 5.26 Å². The summed E-state index contributed by atoms with van der Waals surface area (Å²) in [5, 5.41) is 9.12. The van der Waals surface area contributed by atoms with Gasteiger partial charge in [-0.05, 0) is 37.5 Å². The Labute approximate surface area is 146 Å². The number of benzene rings is 1. The molecule has 2 unspecified atom stereocenters. The molecule has 2 aliphatic rings. The summed E-state index contributed by atoms with van der Waals surface area (Å²) in [5.41, 5.74) is 0.490. The van der Waals surface area contributed by atoms with Gasteiger partial charge in [-0.3, -0.25) is 9.59 Å². The van der Waals surface area contributed by atoms with Gasteiger partial charge in [-0.1, -0.05) is 6.42 Å². The van der Waals surface area contributed by atoms with Gasteiger partial charge in [0, 0.05) is 12.0 Å². The van der Waals surface area contributed by atoms with Gasteiger partial charge in [0.2, 0.25) is 0 Å². The van der Waals surface area contributed by atoms with Crippen LogP contribution in [0.3, 0.4) is 0 Å². The number of Topliss-reactive ketones (excluding diaryl/α,β-unsaturated/α-hetero) is 1. The molecule has 0 amide bonds. The lowest BCUT2D eigenvalue weighted by molar-refractivity contribution is -0.152. The first kappa shape index (κ1) is 17.3. The molecule has 0 N–H and O–H groups in total. The van der Waals surface area contributed by atoms with Crippen LogP contribution >= 0.6 is 0 Å². The third-order valence-corrected chi connectivity index (χ3v) is 4.57. The quantitative estimate of drug-likeness (QED) is 0.603. The van der Waals surface area contributed by atoms with Crippen LogP contribution in [0.2, 0.25) is 0 Å². The normalized spacial score (nSPS) is 21.9. The van der Waals surface area contributed by atoms with Gasteiger partial charge in [-0.15, -0.1) is 0 Å². The van der Waals surface area contributed by atoms with E-state index in [1.807, 2.05) is 0 Å². The fourth-order valence-corrected chi connectivity index (χ4v) is 3.19. The highest BCUT2D eigenvalue weighted by Gasteiger charge is 2.28. The summed E-state index contributed by atoms with van der Waals surface area (Å²) in [6.07, 6.45) is 3.20. The van der Waals surface area contributed by atoms with Crippen LogP contribution in [-0.4, -0.2) is 31.1 Å². The number of nitrogens with zero attached hydrogens (tertiary/aromatic N) is 1. The minimum atomic E-state index is -0.418. The summed E-state index contributed by atoms with van der Waals surface area (Å²) in [4.78, 5) is 24.3. The monoisotopic (exact) mass is 343 g/mol. The molecule has 1 saturated carbocycles. The number of esters is 1. The fraction of sp³-hybridized carbons (Fsp3) is 0.526. The van der Waals surface area contributed by atoms with Gasteiger partial charge >= 0.3 is 5.97 Å². The van der Waals surface area contributed by atoms with Crippen molar-refractivity contribution in [2.75, 3.05) is 13.2 Å². The predicted octanol–water partition coefficient (Wildman–Crippen LogP) is 3.05. The highest BCUT2D eigenvalue weighted by molar-refractivity contribution is 5.98. The minimum Gasteiger partial charge on any atom is -0.486 e. The first-order chi connectivity index (χ1) is 12.2. The molecule has 1 aliphatic carbocycles. The molecule has 1 aromatic carbocycles. The molecular weight excluding hydrogens is 322 g/mol. The second kappa shape index (κ2) is 8.02.